The van der Waals surface area contributed by atoms with Gasteiger partial charge in [-0.15, -0.1) is 0 Å². The fourth-order valence-corrected chi connectivity index (χ4v) is 3.58. The number of likely N-dealkylation sites (N-methyl/N-ethyl adjacent to an activating group) is 1. The summed E-state index contributed by atoms with van der Waals surface area (Å²) in [5.74, 6) is 0.0245. The fourth-order valence-electron chi connectivity index (χ4n) is 3.58. The molecule has 0 bridgehead atoms. The minimum absolute atomic E-state index is 0.0245. The zero-order chi connectivity index (χ0) is 19.9. The van der Waals surface area contributed by atoms with Gasteiger partial charge in [-0.1, -0.05) is 42.5 Å². The van der Waals surface area contributed by atoms with Crippen LogP contribution in [0.2, 0.25) is 0 Å². The average molecular weight is 383 g/mol. The van der Waals surface area contributed by atoms with Crippen molar-refractivity contribution in [1.29, 1.82) is 0 Å². The van der Waals surface area contributed by atoms with E-state index in [9.17, 15) is 9.90 Å². The van der Waals surface area contributed by atoms with Gasteiger partial charge in [0.15, 0.2) is 0 Å². The number of carbonyl (C=O) groups is 1. The Morgan fingerprint density at radius 1 is 1.25 bits per heavy atom. The van der Waals surface area contributed by atoms with Crippen molar-refractivity contribution in [3.8, 4) is 0 Å². The number of carbonyl (C=O) groups excluding carboxylic acids is 1. The van der Waals surface area contributed by atoms with Crippen molar-refractivity contribution in [2.45, 2.75) is 25.1 Å². The van der Waals surface area contributed by atoms with Crippen molar-refractivity contribution in [3.05, 3.63) is 65.7 Å². The van der Waals surface area contributed by atoms with Crippen LogP contribution in [0, 0.1) is 0 Å². The molecule has 0 spiro atoms. The lowest BCUT2D eigenvalue weighted by Crippen LogP contribution is -2.41. The molecule has 2 aromatic carbocycles. The molecule has 1 amide bonds. The molecule has 1 saturated heterocycles. The van der Waals surface area contributed by atoms with Crippen LogP contribution in [0.15, 0.2) is 54.6 Å². The van der Waals surface area contributed by atoms with Crippen molar-refractivity contribution >= 4 is 11.6 Å². The van der Waals surface area contributed by atoms with E-state index < -0.39 is 0 Å². The van der Waals surface area contributed by atoms with E-state index in [1.807, 2.05) is 49.5 Å². The van der Waals surface area contributed by atoms with E-state index in [0.717, 1.165) is 29.8 Å². The highest BCUT2D eigenvalue weighted by atomic mass is 16.3. The Morgan fingerprint density at radius 3 is 2.57 bits per heavy atom. The first-order valence-electron chi connectivity index (χ1n) is 9.80. The first kappa shape index (κ1) is 20.3. The molecule has 28 heavy (non-hydrogen) atoms. The fraction of sp³-hybridized carbons (Fsp3) is 0.409. The molecule has 3 rings (SSSR count). The predicted molar refractivity (Wildman–Crippen MR) is 112 cm³/mol. The standard InChI is InChI=1S/C22H30N4O2/c1-25(22(28)14-24-19-9-7-17(13-23)8-10-19)21(18-5-3-2-4-6-18)16-26-12-11-20(27)15-26/h2-10,20-21,24,27H,11-16,23H2,1H3. The Labute approximate surface area is 166 Å². The average Bonchev–Trinajstić information content (AvgIpc) is 3.15. The maximum atomic E-state index is 12.9. The third-order valence-corrected chi connectivity index (χ3v) is 5.36. The molecule has 2 atom stereocenters. The van der Waals surface area contributed by atoms with E-state index in [1.165, 1.54) is 0 Å². The topological polar surface area (TPSA) is 81.8 Å². The number of β-amino-alcohol motifs (C(OH)–C–C–N with tert-alkyl or cyclic N) is 1. The second-order valence-corrected chi connectivity index (χ2v) is 7.39. The minimum atomic E-state index is -0.268. The maximum Gasteiger partial charge on any atom is 0.242 e. The van der Waals surface area contributed by atoms with Crippen molar-refractivity contribution in [2.75, 3.05) is 38.5 Å². The normalized spacial score (nSPS) is 18.0. The van der Waals surface area contributed by atoms with Gasteiger partial charge in [-0.25, -0.2) is 0 Å². The lowest BCUT2D eigenvalue weighted by atomic mass is 10.0. The molecule has 2 aromatic rings. The van der Waals surface area contributed by atoms with Crippen LogP contribution in [-0.2, 0) is 11.3 Å². The summed E-state index contributed by atoms with van der Waals surface area (Å²) >= 11 is 0. The number of amides is 1. The molecule has 4 N–H and O–H groups in total. The number of nitrogens with zero attached hydrogens (tertiary/aromatic N) is 2. The molecule has 0 radical (unpaired) electrons. The van der Waals surface area contributed by atoms with E-state index in [1.54, 1.807) is 4.90 Å². The Kier molecular flexibility index (Phi) is 7.03. The third-order valence-electron chi connectivity index (χ3n) is 5.36. The minimum Gasteiger partial charge on any atom is -0.392 e. The van der Waals surface area contributed by atoms with Crippen LogP contribution in [0.4, 0.5) is 5.69 Å². The molecular weight excluding hydrogens is 352 g/mol. The number of rotatable bonds is 8. The van der Waals surface area contributed by atoms with Crippen molar-refractivity contribution in [1.82, 2.24) is 9.80 Å². The number of anilines is 1. The van der Waals surface area contributed by atoms with E-state index >= 15 is 0 Å². The summed E-state index contributed by atoms with van der Waals surface area (Å²) in [4.78, 5) is 16.9. The largest absolute Gasteiger partial charge is 0.392 e. The maximum absolute atomic E-state index is 12.9. The molecule has 2 unspecified atom stereocenters. The predicted octanol–water partition coefficient (Wildman–Crippen LogP) is 1.82. The van der Waals surface area contributed by atoms with E-state index in [0.29, 0.717) is 19.6 Å². The second-order valence-electron chi connectivity index (χ2n) is 7.39. The van der Waals surface area contributed by atoms with Crippen LogP contribution in [0.3, 0.4) is 0 Å². The molecule has 1 fully saturated rings. The Bertz CT molecular complexity index is 751. The van der Waals surface area contributed by atoms with Crippen molar-refractivity contribution in [2.24, 2.45) is 5.73 Å². The van der Waals surface area contributed by atoms with Crippen molar-refractivity contribution < 1.29 is 9.90 Å². The lowest BCUT2D eigenvalue weighted by molar-refractivity contribution is -0.130. The van der Waals surface area contributed by atoms with Gasteiger partial charge in [-0.05, 0) is 29.7 Å². The molecular formula is C22H30N4O2. The van der Waals surface area contributed by atoms with E-state index in [2.05, 4.69) is 22.3 Å². The van der Waals surface area contributed by atoms with Gasteiger partial charge in [0.2, 0.25) is 5.91 Å². The van der Waals surface area contributed by atoms with Crippen LogP contribution in [-0.4, -0.2) is 60.1 Å². The summed E-state index contributed by atoms with van der Waals surface area (Å²) in [6.07, 6.45) is 0.523. The van der Waals surface area contributed by atoms with Crippen LogP contribution in [0.5, 0.6) is 0 Å². The first-order chi connectivity index (χ1) is 13.6. The van der Waals surface area contributed by atoms with Gasteiger partial charge in [0.1, 0.15) is 0 Å². The molecule has 1 aliphatic heterocycles. The summed E-state index contributed by atoms with van der Waals surface area (Å²) < 4.78 is 0. The number of likely N-dealkylation sites (tertiary alicyclic amines) is 1. The van der Waals surface area contributed by atoms with E-state index in [-0.39, 0.29) is 24.6 Å². The summed E-state index contributed by atoms with van der Waals surface area (Å²) in [5.41, 5.74) is 8.69. The highest BCUT2D eigenvalue weighted by molar-refractivity contribution is 5.81. The molecule has 0 aliphatic carbocycles. The Balaban J connectivity index is 1.65. The zero-order valence-electron chi connectivity index (χ0n) is 16.4. The van der Waals surface area contributed by atoms with Crippen molar-refractivity contribution in [3.63, 3.8) is 0 Å². The molecule has 1 heterocycles. The second kappa shape index (κ2) is 9.68. The summed E-state index contributed by atoms with van der Waals surface area (Å²) in [6, 6.07) is 17.8. The van der Waals surface area contributed by atoms with Gasteiger partial charge in [0.05, 0.1) is 18.7 Å². The molecule has 1 aliphatic rings. The van der Waals surface area contributed by atoms with Crippen LogP contribution < -0.4 is 11.1 Å². The number of hydrogen-bond donors (Lipinski definition) is 3. The van der Waals surface area contributed by atoms with Crippen LogP contribution in [0.25, 0.3) is 0 Å². The van der Waals surface area contributed by atoms with E-state index in [4.69, 9.17) is 5.73 Å². The first-order valence-corrected chi connectivity index (χ1v) is 9.80. The Hall–Kier alpha value is -2.41. The SMILES string of the molecule is CN(C(=O)CNc1ccc(CN)cc1)C(CN1CCC(O)C1)c1ccccc1. The van der Waals surface area contributed by atoms with Crippen LogP contribution in [0.1, 0.15) is 23.6 Å². The molecule has 0 saturated carbocycles. The molecule has 150 valence electrons. The monoisotopic (exact) mass is 382 g/mol. The summed E-state index contributed by atoms with van der Waals surface area (Å²) in [5, 5.41) is 13.0. The number of aliphatic hydroxyl groups excluding tert-OH is 1. The van der Waals surface area contributed by atoms with Gasteiger partial charge < -0.3 is 21.1 Å². The Morgan fingerprint density at radius 2 is 1.96 bits per heavy atom. The number of nitrogens with two attached hydrogens (primary N) is 1. The van der Waals surface area contributed by atoms with Crippen LogP contribution >= 0.6 is 0 Å². The molecule has 0 aromatic heterocycles. The smallest absolute Gasteiger partial charge is 0.242 e. The van der Waals surface area contributed by atoms with Gasteiger partial charge in [-0.3, -0.25) is 9.69 Å². The molecule has 6 heteroatoms. The third kappa shape index (κ3) is 5.32. The molecule has 6 nitrogen and oxygen atoms in total. The quantitative estimate of drug-likeness (QED) is 0.649. The number of hydrogen-bond acceptors (Lipinski definition) is 5. The summed E-state index contributed by atoms with van der Waals surface area (Å²) in [6.45, 7) is 2.97. The van der Waals surface area contributed by atoms with Gasteiger partial charge in [0, 0.05) is 38.9 Å². The van der Waals surface area contributed by atoms with Gasteiger partial charge in [-0.2, -0.15) is 0 Å². The van der Waals surface area contributed by atoms with Gasteiger partial charge in [0.25, 0.3) is 0 Å². The number of aliphatic hydroxyl groups is 1. The van der Waals surface area contributed by atoms with Gasteiger partial charge >= 0.3 is 0 Å². The number of benzene rings is 2. The lowest BCUT2D eigenvalue weighted by Gasteiger charge is -2.32. The number of nitrogens with one attached hydrogen (secondary N) is 1. The highest BCUT2D eigenvalue weighted by Crippen LogP contribution is 2.23. The highest BCUT2D eigenvalue weighted by Gasteiger charge is 2.27. The zero-order valence-corrected chi connectivity index (χ0v) is 16.4. The summed E-state index contributed by atoms with van der Waals surface area (Å²) in [7, 11) is 1.85.